The normalized spacial score (nSPS) is 10.7. The molecule has 0 aromatic heterocycles. The number of carbonyl (C=O) groups is 1. The lowest BCUT2D eigenvalue weighted by atomic mass is 10.1. The van der Waals surface area contributed by atoms with Gasteiger partial charge in [0.25, 0.3) is 0 Å². The van der Waals surface area contributed by atoms with Crippen molar-refractivity contribution in [1.29, 1.82) is 0 Å². The topological polar surface area (TPSA) is 93.1 Å². The first kappa shape index (κ1) is 21.5. The van der Waals surface area contributed by atoms with E-state index in [1.165, 1.54) is 13.2 Å². The van der Waals surface area contributed by atoms with Crippen LogP contribution in [-0.4, -0.2) is 40.3 Å². The highest BCUT2D eigenvalue weighted by molar-refractivity contribution is 7.74. The van der Waals surface area contributed by atoms with Crippen molar-refractivity contribution in [3.05, 3.63) is 53.3 Å². The van der Waals surface area contributed by atoms with Gasteiger partial charge in [0.05, 0.1) is 19.9 Å². The van der Waals surface area contributed by atoms with Crippen molar-refractivity contribution in [2.45, 2.75) is 19.3 Å². The highest BCUT2D eigenvalue weighted by Crippen LogP contribution is 2.34. The van der Waals surface area contributed by atoms with Crippen LogP contribution in [0.5, 0.6) is 11.5 Å². The van der Waals surface area contributed by atoms with Gasteiger partial charge in [-0.1, -0.05) is 12.1 Å². The van der Waals surface area contributed by atoms with Gasteiger partial charge in [0.1, 0.15) is 17.1 Å². The number of ether oxygens (including phenoxy) is 2. The number of benzene rings is 2. The van der Waals surface area contributed by atoms with Gasteiger partial charge in [-0.2, -0.15) is 0 Å². The van der Waals surface area contributed by atoms with Crippen molar-refractivity contribution in [2.75, 3.05) is 25.1 Å². The molecule has 0 radical (unpaired) electrons. The lowest BCUT2D eigenvalue weighted by Gasteiger charge is -2.21. The van der Waals surface area contributed by atoms with Crippen LogP contribution in [0.15, 0.2) is 36.4 Å². The van der Waals surface area contributed by atoms with E-state index in [9.17, 15) is 22.7 Å². The number of carboxylic acid groups (broad SMARTS) is 1. The fraction of sp³-hybridized carbons (Fsp3) is 0.316. The Hall–Kier alpha value is -2.81. The number of carboxylic acids is 1. The van der Waals surface area contributed by atoms with E-state index in [0.717, 1.165) is 28.1 Å². The van der Waals surface area contributed by atoms with Crippen molar-refractivity contribution in [1.82, 2.24) is 0 Å². The smallest absolute Gasteiger partial charge is 0.342 e. The van der Waals surface area contributed by atoms with Crippen LogP contribution in [0.2, 0.25) is 0 Å². The number of nitrogens with zero attached hydrogens (tertiary/aromatic N) is 1. The summed E-state index contributed by atoms with van der Waals surface area (Å²) in [6, 6.07) is 9.71. The second-order valence-corrected chi connectivity index (χ2v) is 6.90. The van der Waals surface area contributed by atoms with Crippen LogP contribution in [0.3, 0.4) is 0 Å². The van der Waals surface area contributed by atoms with Crippen molar-refractivity contribution < 1.29 is 32.2 Å². The van der Waals surface area contributed by atoms with E-state index in [2.05, 4.69) is 0 Å². The first-order valence-corrected chi connectivity index (χ1v) is 9.66. The average molecular weight is 411 g/mol. The Kier molecular flexibility index (Phi) is 7.62. The maximum absolute atomic E-state index is 13.8. The fourth-order valence-electron chi connectivity index (χ4n) is 2.83. The summed E-state index contributed by atoms with van der Waals surface area (Å²) < 4.78 is 48.4. The molecule has 0 unspecified atom stereocenters. The van der Waals surface area contributed by atoms with Crippen LogP contribution >= 0.6 is 0 Å². The van der Waals surface area contributed by atoms with Crippen molar-refractivity contribution in [3.8, 4) is 11.5 Å². The Balaban J connectivity index is 2.11. The molecule has 0 aliphatic carbocycles. The zero-order valence-electron chi connectivity index (χ0n) is 15.6. The quantitative estimate of drug-likeness (QED) is 0.461. The molecule has 7 nitrogen and oxygen atoms in total. The zero-order chi connectivity index (χ0) is 20.7. The molecule has 0 aliphatic heterocycles. The second kappa shape index (κ2) is 9.93. The van der Waals surface area contributed by atoms with Gasteiger partial charge >= 0.3 is 5.97 Å². The summed E-state index contributed by atoms with van der Waals surface area (Å²) in [5.41, 5.74) is 0.397. The standard InChI is InChI=1S/C19H22FNO6S/c1-26-14-8-6-13(7-9-14)5-3-4-12-21(28(24)25)16-11-10-15(20)17(19(22)23)18(16)27-2/h6-11,28H,3-5,12H2,1-2H3,(H,22,23). The predicted molar refractivity (Wildman–Crippen MR) is 104 cm³/mol. The number of anilines is 1. The van der Waals surface area contributed by atoms with E-state index in [4.69, 9.17) is 9.47 Å². The molecule has 28 heavy (non-hydrogen) atoms. The number of hydrogen-bond acceptors (Lipinski definition) is 5. The van der Waals surface area contributed by atoms with E-state index in [0.29, 0.717) is 12.8 Å². The molecule has 0 saturated carbocycles. The Morgan fingerprint density at radius 3 is 2.29 bits per heavy atom. The average Bonchev–Trinajstić information content (AvgIpc) is 2.68. The molecule has 9 heteroatoms. The van der Waals surface area contributed by atoms with E-state index >= 15 is 0 Å². The zero-order valence-corrected chi connectivity index (χ0v) is 16.4. The van der Waals surface area contributed by atoms with Crippen LogP contribution in [0.1, 0.15) is 28.8 Å². The Labute approximate surface area is 164 Å². The SMILES string of the molecule is COc1ccc(CCCCN(c2ccc(F)c(C(=O)O)c2OC)[SH](=O)=O)cc1. The van der Waals surface area contributed by atoms with E-state index in [1.807, 2.05) is 24.3 Å². The van der Waals surface area contributed by atoms with Crippen molar-refractivity contribution in [3.63, 3.8) is 0 Å². The van der Waals surface area contributed by atoms with Gasteiger partial charge in [0, 0.05) is 6.54 Å². The van der Waals surface area contributed by atoms with Crippen LogP contribution < -0.4 is 13.8 Å². The number of thiol groups is 1. The van der Waals surface area contributed by atoms with Crippen LogP contribution in [0, 0.1) is 5.82 Å². The third-order valence-corrected chi connectivity index (χ3v) is 5.03. The van der Waals surface area contributed by atoms with E-state index in [-0.39, 0.29) is 18.0 Å². The van der Waals surface area contributed by atoms with E-state index in [1.54, 1.807) is 7.11 Å². The molecule has 0 spiro atoms. The molecular formula is C19H22FNO6S. The van der Waals surface area contributed by atoms with Gasteiger partial charge in [-0.05, 0) is 49.1 Å². The van der Waals surface area contributed by atoms with Crippen molar-refractivity contribution in [2.24, 2.45) is 0 Å². The van der Waals surface area contributed by atoms with Crippen LogP contribution in [0.4, 0.5) is 10.1 Å². The molecule has 152 valence electrons. The number of rotatable bonds is 10. The molecular weight excluding hydrogens is 389 g/mol. The molecule has 0 amide bonds. The maximum Gasteiger partial charge on any atom is 0.342 e. The predicted octanol–water partition coefficient (Wildman–Crippen LogP) is 2.90. The largest absolute Gasteiger partial charge is 0.497 e. The molecule has 0 bridgehead atoms. The Bertz CT molecular complexity index is 890. The summed E-state index contributed by atoms with van der Waals surface area (Å²) in [5.74, 6) is -2.08. The molecule has 0 atom stereocenters. The fourth-order valence-corrected chi connectivity index (χ4v) is 3.47. The number of methoxy groups -OCH3 is 2. The Morgan fingerprint density at radius 2 is 1.75 bits per heavy atom. The molecule has 2 aromatic rings. The molecule has 1 N–H and O–H groups in total. The van der Waals surface area contributed by atoms with Gasteiger partial charge in [-0.15, -0.1) is 0 Å². The summed E-state index contributed by atoms with van der Waals surface area (Å²) >= 11 is 0. The first-order chi connectivity index (χ1) is 13.4. The van der Waals surface area contributed by atoms with Crippen LogP contribution in [0.25, 0.3) is 0 Å². The second-order valence-electron chi connectivity index (χ2n) is 5.95. The summed E-state index contributed by atoms with van der Waals surface area (Å²) in [6.45, 7) is 0.121. The summed E-state index contributed by atoms with van der Waals surface area (Å²) in [4.78, 5) is 11.3. The van der Waals surface area contributed by atoms with Gasteiger partial charge in [-0.25, -0.2) is 17.6 Å². The monoisotopic (exact) mass is 411 g/mol. The molecule has 0 aliphatic rings. The maximum atomic E-state index is 13.8. The molecule has 2 aromatic carbocycles. The van der Waals surface area contributed by atoms with E-state index < -0.39 is 28.2 Å². The highest BCUT2D eigenvalue weighted by atomic mass is 32.2. The minimum Gasteiger partial charge on any atom is -0.497 e. The summed E-state index contributed by atoms with van der Waals surface area (Å²) in [5, 5.41) is 9.20. The summed E-state index contributed by atoms with van der Waals surface area (Å²) in [6.07, 6.45) is 1.98. The number of hydrogen-bond donors (Lipinski definition) is 2. The molecule has 0 fully saturated rings. The van der Waals surface area contributed by atoms with Crippen molar-refractivity contribution >= 4 is 22.5 Å². The van der Waals surface area contributed by atoms with Gasteiger partial charge < -0.3 is 14.6 Å². The molecule has 2 rings (SSSR count). The third-order valence-electron chi connectivity index (χ3n) is 4.22. The lowest BCUT2D eigenvalue weighted by Crippen LogP contribution is -2.24. The number of aryl methyl sites for hydroxylation is 1. The third kappa shape index (κ3) is 5.13. The first-order valence-electron chi connectivity index (χ1n) is 8.53. The van der Waals surface area contributed by atoms with Gasteiger partial charge in [0.2, 0.25) is 10.9 Å². The summed E-state index contributed by atoms with van der Waals surface area (Å²) in [7, 11) is -0.298. The minimum absolute atomic E-state index is 0.00172. The van der Waals surface area contributed by atoms with Gasteiger partial charge in [-0.3, -0.25) is 4.31 Å². The Morgan fingerprint density at radius 1 is 1.07 bits per heavy atom. The highest BCUT2D eigenvalue weighted by Gasteiger charge is 2.24. The van der Waals surface area contributed by atoms with Gasteiger partial charge in [0.15, 0.2) is 5.75 Å². The number of unbranched alkanes of at least 4 members (excludes halogenated alkanes) is 1. The van der Waals surface area contributed by atoms with Crippen LogP contribution in [-0.2, 0) is 17.3 Å². The number of halogens is 1. The number of aromatic carboxylic acids is 1. The molecule has 0 heterocycles. The molecule has 0 saturated heterocycles. The lowest BCUT2D eigenvalue weighted by molar-refractivity contribution is 0.0688. The minimum atomic E-state index is -3.06.